The Bertz CT molecular complexity index is 1210. The Labute approximate surface area is 170 Å². The highest BCUT2D eigenvalue weighted by Crippen LogP contribution is 2.36. The molecule has 2 aromatic carbocycles. The lowest BCUT2D eigenvalue weighted by molar-refractivity contribution is -0.141. The molecule has 8 heteroatoms. The van der Waals surface area contributed by atoms with Crippen molar-refractivity contribution in [3.63, 3.8) is 0 Å². The minimum Gasteiger partial charge on any atom is -0.301 e. The molecule has 30 heavy (non-hydrogen) atoms. The number of nitrogens with zero attached hydrogens (tertiary/aromatic N) is 4. The van der Waals surface area contributed by atoms with Gasteiger partial charge in [0.2, 0.25) is 0 Å². The molecule has 5 nitrogen and oxygen atoms in total. The molecule has 152 valence electrons. The molecule has 1 aliphatic rings. The lowest BCUT2D eigenvalue weighted by Gasteiger charge is -2.33. The average Bonchev–Trinajstić information content (AvgIpc) is 3.20. The summed E-state index contributed by atoms with van der Waals surface area (Å²) >= 11 is 0. The Balaban J connectivity index is 1.52. The van der Waals surface area contributed by atoms with Crippen LogP contribution in [0.5, 0.6) is 0 Å². The van der Waals surface area contributed by atoms with Gasteiger partial charge >= 0.3 is 6.18 Å². The average molecular weight is 409 g/mol. The second-order valence-electron chi connectivity index (χ2n) is 7.68. The molecule has 4 aromatic rings. The van der Waals surface area contributed by atoms with E-state index in [1.807, 2.05) is 24.4 Å². The Morgan fingerprint density at radius 2 is 1.90 bits per heavy atom. The number of benzene rings is 2. The third-order valence-corrected chi connectivity index (χ3v) is 5.57. The van der Waals surface area contributed by atoms with E-state index in [9.17, 15) is 13.2 Å². The zero-order valence-corrected chi connectivity index (χ0v) is 16.1. The van der Waals surface area contributed by atoms with Gasteiger partial charge in [0.1, 0.15) is 0 Å². The van der Waals surface area contributed by atoms with Crippen molar-refractivity contribution < 1.29 is 13.2 Å². The van der Waals surface area contributed by atoms with E-state index in [0.717, 1.165) is 41.2 Å². The van der Waals surface area contributed by atoms with E-state index in [-0.39, 0.29) is 5.92 Å². The summed E-state index contributed by atoms with van der Waals surface area (Å²) in [6.07, 6.45) is -2.67. The highest BCUT2D eigenvalue weighted by Gasteiger charge is 2.33. The van der Waals surface area contributed by atoms with Crippen LogP contribution in [0.15, 0.2) is 54.7 Å². The van der Waals surface area contributed by atoms with Gasteiger partial charge in [-0.25, -0.2) is 0 Å². The number of halogens is 3. The molecular weight excluding hydrogens is 391 g/mol. The van der Waals surface area contributed by atoms with E-state index < -0.39 is 11.9 Å². The van der Waals surface area contributed by atoms with Crippen LogP contribution in [0.2, 0.25) is 0 Å². The highest BCUT2D eigenvalue weighted by atomic mass is 19.4. The van der Waals surface area contributed by atoms with Gasteiger partial charge in [0.05, 0.1) is 17.4 Å². The number of nitrogens with one attached hydrogen (secondary N) is 1. The molecule has 0 amide bonds. The summed E-state index contributed by atoms with van der Waals surface area (Å²) in [5.74, 6) is 0.200. The zero-order valence-electron chi connectivity index (χ0n) is 16.1. The number of aromatic amines is 1. The molecule has 0 radical (unpaired) electrons. The Hall–Kier alpha value is -3.26. The van der Waals surface area contributed by atoms with Crippen LogP contribution in [0, 0.1) is 0 Å². The molecule has 3 heterocycles. The molecule has 0 aliphatic carbocycles. The van der Waals surface area contributed by atoms with Gasteiger partial charge < -0.3 is 4.90 Å². The van der Waals surface area contributed by atoms with Crippen molar-refractivity contribution in [1.29, 1.82) is 0 Å². The second kappa shape index (κ2) is 6.91. The number of alkyl halides is 3. The summed E-state index contributed by atoms with van der Waals surface area (Å²) in [5.41, 5.74) is 4.77. The third kappa shape index (κ3) is 3.33. The van der Waals surface area contributed by atoms with Gasteiger partial charge in [-0.15, -0.1) is 10.2 Å². The minimum atomic E-state index is -4.49. The highest BCUT2D eigenvalue weighted by molar-refractivity contribution is 5.79. The summed E-state index contributed by atoms with van der Waals surface area (Å²) in [4.78, 5) is 2.24. The monoisotopic (exact) mass is 409 g/mol. The Morgan fingerprint density at radius 1 is 1.03 bits per heavy atom. The van der Waals surface area contributed by atoms with Gasteiger partial charge in [-0.05, 0) is 54.1 Å². The van der Waals surface area contributed by atoms with Crippen LogP contribution in [-0.4, -0.2) is 38.9 Å². The first-order valence-electron chi connectivity index (χ1n) is 9.54. The van der Waals surface area contributed by atoms with E-state index in [2.05, 4.69) is 50.5 Å². The number of rotatable bonds is 2. The number of H-pyrrole nitrogens is 1. The van der Waals surface area contributed by atoms with Gasteiger partial charge in [-0.3, -0.25) is 5.10 Å². The maximum Gasteiger partial charge on any atom is 0.435 e. The molecule has 5 rings (SSSR count). The number of hydrogen-bond acceptors (Lipinski definition) is 4. The maximum atomic E-state index is 12.8. The van der Waals surface area contributed by atoms with Crippen LogP contribution in [0.4, 0.5) is 13.2 Å². The van der Waals surface area contributed by atoms with Crippen LogP contribution < -0.4 is 0 Å². The van der Waals surface area contributed by atoms with Crippen molar-refractivity contribution in [1.82, 2.24) is 25.3 Å². The number of likely N-dealkylation sites (N-methyl/N-ethyl adjacent to an activating group) is 1. The fourth-order valence-corrected chi connectivity index (χ4v) is 4.11. The summed E-state index contributed by atoms with van der Waals surface area (Å²) in [5, 5.41) is 15.3. The SMILES string of the molecule is CN1Cc2cc(-c3ccc(C(F)(F)F)nn3)ccc2C(c2ccc3[nH]ncc3c2)C1. The molecule has 0 bridgehead atoms. The maximum absolute atomic E-state index is 12.8. The van der Waals surface area contributed by atoms with Gasteiger partial charge in [-0.1, -0.05) is 18.2 Å². The fourth-order valence-electron chi connectivity index (χ4n) is 4.11. The molecule has 1 atom stereocenters. The Kier molecular flexibility index (Phi) is 4.32. The van der Waals surface area contributed by atoms with Crippen molar-refractivity contribution in [2.45, 2.75) is 18.6 Å². The van der Waals surface area contributed by atoms with Crippen molar-refractivity contribution in [3.8, 4) is 11.3 Å². The third-order valence-electron chi connectivity index (χ3n) is 5.57. The topological polar surface area (TPSA) is 57.7 Å². The lowest BCUT2D eigenvalue weighted by Crippen LogP contribution is -2.31. The zero-order chi connectivity index (χ0) is 20.9. The predicted molar refractivity (Wildman–Crippen MR) is 107 cm³/mol. The first-order valence-corrected chi connectivity index (χ1v) is 9.54. The van der Waals surface area contributed by atoms with Gasteiger partial charge in [-0.2, -0.15) is 18.3 Å². The summed E-state index contributed by atoms with van der Waals surface area (Å²) < 4.78 is 38.3. The van der Waals surface area contributed by atoms with Crippen LogP contribution in [0.1, 0.15) is 28.3 Å². The molecule has 1 N–H and O–H groups in total. The van der Waals surface area contributed by atoms with Crippen LogP contribution >= 0.6 is 0 Å². The molecule has 1 unspecified atom stereocenters. The molecule has 1 aliphatic heterocycles. The normalized spacial score (nSPS) is 17.3. The summed E-state index contributed by atoms with van der Waals surface area (Å²) in [6.45, 7) is 1.65. The summed E-state index contributed by atoms with van der Waals surface area (Å²) in [7, 11) is 2.07. The standard InChI is InChI=1S/C22H18F3N5/c1-30-11-16-9-14(19-6-7-21(29-28-19)22(23,24)25)2-4-17(16)18(12-30)13-3-5-20-15(8-13)10-26-27-20/h2-10,18H,11-12H2,1H3,(H,26,27). The van der Waals surface area contributed by atoms with E-state index in [1.165, 1.54) is 17.2 Å². The number of fused-ring (bicyclic) bond motifs is 2. The largest absolute Gasteiger partial charge is 0.435 e. The second-order valence-corrected chi connectivity index (χ2v) is 7.68. The van der Waals surface area contributed by atoms with Crippen LogP contribution in [0.3, 0.4) is 0 Å². The molecule has 0 fully saturated rings. The molecular formula is C22H18F3N5. The van der Waals surface area contributed by atoms with Gasteiger partial charge in [0.15, 0.2) is 5.69 Å². The fraction of sp³-hybridized carbons (Fsp3) is 0.227. The van der Waals surface area contributed by atoms with E-state index in [0.29, 0.717) is 5.69 Å². The lowest BCUT2D eigenvalue weighted by atomic mass is 9.83. The first-order chi connectivity index (χ1) is 14.4. The van der Waals surface area contributed by atoms with E-state index in [4.69, 9.17) is 0 Å². The van der Waals surface area contributed by atoms with Crippen molar-refractivity contribution in [2.24, 2.45) is 0 Å². The van der Waals surface area contributed by atoms with E-state index in [1.54, 1.807) is 0 Å². The summed E-state index contributed by atoms with van der Waals surface area (Å²) in [6, 6.07) is 14.6. The molecule has 2 aromatic heterocycles. The van der Waals surface area contributed by atoms with Crippen LogP contribution in [0.25, 0.3) is 22.2 Å². The first kappa shape index (κ1) is 18.7. The quantitative estimate of drug-likeness (QED) is 0.525. The number of hydrogen-bond donors (Lipinski definition) is 1. The van der Waals surface area contributed by atoms with Gasteiger partial charge in [0.25, 0.3) is 0 Å². The molecule has 0 saturated carbocycles. The number of aromatic nitrogens is 4. The predicted octanol–water partition coefficient (Wildman–Crippen LogP) is 4.62. The Morgan fingerprint density at radius 3 is 2.67 bits per heavy atom. The van der Waals surface area contributed by atoms with E-state index >= 15 is 0 Å². The van der Waals surface area contributed by atoms with Gasteiger partial charge in [0, 0.05) is 30.0 Å². The molecule has 0 saturated heterocycles. The van der Waals surface area contributed by atoms with Crippen molar-refractivity contribution in [3.05, 3.63) is 77.1 Å². The minimum absolute atomic E-state index is 0.200. The van der Waals surface area contributed by atoms with Crippen molar-refractivity contribution >= 4 is 10.9 Å². The van der Waals surface area contributed by atoms with Crippen molar-refractivity contribution in [2.75, 3.05) is 13.6 Å². The smallest absolute Gasteiger partial charge is 0.301 e. The molecule has 0 spiro atoms. The van der Waals surface area contributed by atoms with Crippen LogP contribution in [-0.2, 0) is 12.7 Å².